The lowest BCUT2D eigenvalue weighted by Crippen LogP contribution is -1.98. The van der Waals surface area contributed by atoms with E-state index in [9.17, 15) is 4.79 Å². The summed E-state index contributed by atoms with van der Waals surface area (Å²) in [5.41, 5.74) is 1.13. The molecule has 3 heterocycles. The van der Waals surface area contributed by atoms with Crippen LogP contribution >= 0.6 is 22.9 Å². The second kappa shape index (κ2) is 5.99. The van der Waals surface area contributed by atoms with E-state index in [0.29, 0.717) is 33.3 Å². The first kappa shape index (κ1) is 15.3. The highest BCUT2D eigenvalue weighted by atomic mass is 35.5. The van der Waals surface area contributed by atoms with Gasteiger partial charge < -0.3 is 5.32 Å². The summed E-state index contributed by atoms with van der Waals surface area (Å²) in [6, 6.07) is 5.60. The molecule has 24 heavy (non-hydrogen) atoms. The van der Waals surface area contributed by atoms with Gasteiger partial charge in [-0.3, -0.25) is 9.89 Å². The normalized spacial score (nSPS) is 13.9. The lowest BCUT2D eigenvalue weighted by Gasteiger charge is -2.05. The van der Waals surface area contributed by atoms with Crippen molar-refractivity contribution in [2.24, 2.45) is 0 Å². The van der Waals surface area contributed by atoms with Gasteiger partial charge in [0.25, 0.3) is 0 Å². The van der Waals surface area contributed by atoms with Crippen LogP contribution in [0, 0.1) is 0 Å². The number of anilines is 2. The molecule has 0 amide bonds. The molecule has 1 saturated carbocycles. The molecule has 122 valence electrons. The number of carbonyl (C=O) groups is 1. The lowest BCUT2D eigenvalue weighted by atomic mass is 10.3. The molecule has 2 N–H and O–H groups in total. The molecular formula is C16H14ClN5OS. The molecule has 1 aliphatic rings. The van der Waals surface area contributed by atoms with Crippen LogP contribution in [0.3, 0.4) is 0 Å². The Balaban J connectivity index is 1.61. The van der Waals surface area contributed by atoms with Crippen molar-refractivity contribution in [1.29, 1.82) is 0 Å². The Morgan fingerprint density at radius 1 is 1.42 bits per heavy atom. The molecule has 6 nitrogen and oxygen atoms in total. The second-order valence-electron chi connectivity index (χ2n) is 5.72. The average Bonchev–Trinajstić information content (AvgIpc) is 3.10. The van der Waals surface area contributed by atoms with E-state index in [-0.39, 0.29) is 5.78 Å². The molecule has 1 aliphatic carbocycles. The third kappa shape index (κ3) is 3.05. The number of aromatic amines is 1. The first-order valence-corrected chi connectivity index (χ1v) is 8.75. The van der Waals surface area contributed by atoms with Gasteiger partial charge in [-0.1, -0.05) is 11.6 Å². The van der Waals surface area contributed by atoms with E-state index in [1.807, 2.05) is 12.1 Å². The molecule has 3 aromatic heterocycles. The first-order chi connectivity index (χ1) is 11.6. The number of H-pyrrole nitrogens is 1. The fourth-order valence-electron chi connectivity index (χ4n) is 2.35. The van der Waals surface area contributed by atoms with Gasteiger partial charge in [-0.05, 0) is 31.9 Å². The first-order valence-electron chi connectivity index (χ1n) is 7.56. The van der Waals surface area contributed by atoms with Gasteiger partial charge in [0, 0.05) is 17.7 Å². The van der Waals surface area contributed by atoms with E-state index in [1.165, 1.54) is 24.2 Å². The van der Waals surface area contributed by atoms with Crippen molar-refractivity contribution in [3.63, 3.8) is 0 Å². The number of nitrogens with zero attached hydrogens (tertiary/aromatic N) is 3. The Labute approximate surface area is 147 Å². The van der Waals surface area contributed by atoms with E-state index in [2.05, 4.69) is 25.5 Å². The maximum atomic E-state index is 11.4. The van der Waals surface area contributed by atoms with E-state index < -0.39 is 0 Å². The van der Waals surface area contributed by atoms with Crippen molar-refractivity contribution in [3.8, 4) is 10.7 Å². The van der Waals surface area contributed by atoms with Crippen LogP contribution in [0.5, 0.6) is 0 Å². The van der Waals surface area contributed by atoms with Crippen molar-refractivity contribution in [2.75, 3.05) is 5.32 Å². The number of hydrogen-bond donors (Lipinski definition) is 2. The summed E-state index contributed by atoms with van der Waals surface area (Å²) in [5, 5.41) is 10.8. The molecule has 0 radical (unpaired) electrons. The van der Waals surface area contributed by atoms with Gasteiger partial charge in [0.2, 0.25) is 0 Å². The number of Topliss-reactive ketones (excluding diaryl/α,β-unsaturated/α-hetero) is 1. The highest BCUT2D eigenvalue weighted by Crippen LogP contribution is 2.40. The summed E-state index contributed by atoms with van der Waals surface area (Å²) in [7, 11) is 0. The molecule has 0 unspecified atom stereocenters. The SMILES string of the molecule is CC(=O)c1ccc(-c2ncc(Cl)c(Nc3cc(C4CC4)[nH]n3)n2)s1. The smallest absolute Gasteiger partial charge is 0.171 e. The van der Waals surface area contributed by atoms with Gasteiger partial charge in [0.1, 0.15) is 5.02 Å². The molecule has 0 bridgehead atoms. The maximum absolute atomic E-state index is 11.4. The number of ketones is 1. The zero-order valence-corrected chi connectivity index (χ0v) is 14.4. The maximum Gasteiger partial charge on any atom is 0.171 e. The monoisotopic (exact) mass is 359 g/mol. The van der Waals surface area contributed by atoms with Crippen LogP contribution in [0.15, 0.2) is 24.4 Å². The number of aromatic nitrogens is 4. The average molecular weight is 360 g/mol. The van der Waals surface area contributed by atoms with Gasteiger partial charge in [0.05, 0.1) is 16.0 Å². The minimum absolute atomic E-state index is 0.0303. The summed E-state index contributed by atoms with van der Waals surface area (Å²) in [4.78, 5) is 21.7. The Morgan fingerprint density at radius 3 is 2.96 bits per heavy atom. The van der Waals surface area contributed by atoms with Crippen LogP contribution in [0.1, 0.15) is 41.0 Å². The van der Waals surface area contributed by atoms with Gasteiger partial charge >= 0.3 is 0 Å². The Bertz CT molecular complexity index is 915. The van der Waals surface area contributed by atoms with Crippen molar-refractivity contribution in [2.45, 2.75) is 25.7 Å². The number of halogens is 1. The zero-order chi connectivity index (χ0) is 16.7. The van der Waals surface area contributed by atoms with Gasteiger partial charge in [-0.25, -0.2) is 9.97 Å². The van der Waals surface area contributed by atoms with E-state index in [0.717, 1.165) is 10.6 Å². The Hall–Kier alpha value is -2.25. The summed E-state index contributed by atoms with van der Waals surface area (Å²) in [5.74, 6) is 2.33. The van der Waals surface area contributed by atoms with Gasteiger partial charge in [0.15, 0.2) is 23.2 Å². The molecule has 0 spiro atoms. The largest absolute Gasteiger partial charge is 0.322 e. The fourth-order valence-corrected chi connectivity index (χ4v) is 3.33. The molecule has 0 aliphatic heterocycles. The van der Waals surface area contributed by atoms with Crippen LogP contribution in [-0.2, 0) is 0 Å². The third-order valence-corrected chi connectivity index (χ3v) is 5.24. The molecule has 8 heteroatoms. The summed E-state index contributed by atoms with van der Waals surface area (Å²) in [6.45, 7) is 1.54. The molecule has 0 saturated heterocycles. The number of carbonyl (C=O) groups excluding carboxylic acids is 1. The molecule has 0 atom stereocenters. The topological polar surface area (TPSA) is 83.6 Å². The molecular weight excluding hydrogens is 346 g/mol. The molecule has 4 rings (SSSR count). The Morgan fingerprint density at radius 2 is 2.25 bits per heavy atom. The predicted molar refractivity (Wildman–Crippen MR) is 94.2 cm³/mol. The van der Waals surface area contributed by atoms with E-state index in [1.54, 1.807) is 19.2 Å². The zero-order valence-electron chi connectivity index (χ0n) is 12.8. The van der Waals surface area contributed by atoms with Crippen LogP contribution in [0.2, 0.25) is 5.02 Å². The van der Waals surface area contributed by atoms with Crippen molar-refractivity contribution in [3.05, 3.63) is 40.0 Å². The number of rotatable bonds is 5. The third-order valence-electron chi connectivity index (χ3n) is 3.78. The molecule has 0 aromatic carbocycles. The van der Waals surface area contributed by atoms with Crippen LogP contribution in [-0.4, -0.2) is 25.9 Å². The van der Waals surface area contributed by atoms with Gasteiger partial charge in [-0.2, -0.15) is 5.10 Å². The number of hydrogen-bond acceptors (Lipinski definition) is 6. The quantitative estimate of drug-likeness (QED) is 0.659. The fraction of sp³-hybridized carbons (Fsp3) is 0.250. The van der Waals surface area contributed by atoms with Crippen molar-refractivity contribution < 1.29 is 4.79 Å². The van der Waals surface area contributed by atoms with Gasteiger partial charge in [-0.15, -0.1) is 11.3 Å². The highest BCUT2D eigenvalue weighted by Gasteiger charge is 2.25. The number of nitrogens with one attached hydrogen (secondary N) is 2. The lowest BCUT2D eigenvalue weighted by molar-refractivity contribution is 0.102. The summed E-state index contributed by atoms with van der Waals surface area (Å²) < 4.78 is 0. The summed E-state index contributed by atoms with van der Waals surface area (Å²) in [6.07, 6.45) is 3.96. The Kier molecular flexibility index (Phi) is 3.82. The van der Waals surface area contributed by atoms with Crippen molar-refractivity contribution >= 4 is 40.4 Å². The highest BCUT2D eigenvalue weighted by molar-refractivity contribution is 7.17. The van der Waals surface area contributed by atoms with Crippen LogP contribution in [0.25, 0.3) is 10.7 Å². The minimum atomic E-state index is 0.0303. The van der Waals surface area contributed by atoms with E-state index in [4.69, 9.17) is 11.6 Å². The standard InChI is InChI=1S/C16H14ClN5OS/c1-8(23)12-4-5-13(24-12)16-18-7-10(17)15(20-16)19-14-6-11(21-22-14)9-2-3-9/h4-7,9H,2-3H2,1H3,(H2,18,19,20,21,22). The van der Waals surface area contributed by atoms with Crippen LogP contribution < -0.4 is 5.32 Å². The van der Waals surface area contributed by atoms with E-state index >= 15 is 0 Å². The van der Waals surface area contributed by atoms with Crippen LogP contribution in [0.4, 0.5) is 11.6 Å². The molecule has 3 aromatic rings. The molecule has 1 fully saturated rings. The second-order valence-corrected chi connectivity index (χ2v) is 7.21. The van der Waals surface area contributed by atoms with Crippen molar-refractivity contribution in [1.82, 2.24) is 20.2 Å². The number of thiophene rings is 1. The minimum Gasteiger partial charge on any atom is -0.322 e. The predicted octanol–water partition coefficient (Wildman–Crippen LogP) is 4.41. The summed E-state index contributed by atoms with van der Waals surface area (Å²) >= 11 is 7.56.